The van der Waals surface area contributed by atoms with E-state index in [4.69, 9.17) is 4.42 Å². The summed E-state index contributed by atoms with van der Waals surface area (Å²) in [6.45, 7) is 1.94. The summed E-state index contributed by atoms with van der Waals surface area (Å²) >= 11 is 0. The molecular formula is C27H25FN4O3. The Morgan fingerprint density at radius 1 is 1.06 bits per heavy atom. The van der Waals surface area contributed by atoms with E-state index in [0.717, 1.165) is 28.1 Å². The largest absolute Gasteiger partial charge is 0.455 e. The predicted molar refractivity (Wildman–Crippen MR) is 137 cm³/mol. The zero-order chi connectivity index (χ0) is 25.1. The van der Waals surface area contributed by atoms with E-state index in [9.17, 15) is 14.0 Å². The third kappa shape index (κ3) is 4.63. The average molecular weight is 473 g/mol. The summed E-state index contributed by atoms with van der Waals surface area (Å²) < 4.78 is 19.7. The van der Waals surface area contributed by atoms with Crippen LogP contribution in [0.5, 0.6) is 0 Å². The molecule has 0 aliphatic heterocycles. The van der Waals surface area contributed by atoms with Crippen molar-refractivity contribution in [2.24, 2.45) is 4.99 Å². The monoisotopic (exact) mass is 472 g/mol. The van der Waals surface area contributed by atoms with Crippen LogP contribution in [-0.2, 0) is 4.79 Å². The molecule has 0 fully saturated rings. The topological polar surface area (TPSA) is 86.9 Å². The second-order valence-electron chi connectivity index (χ2n) is 8.20. The zero-order valence-electron chi connectivity index (χ0n) is 19.8. The van der Waals surface area contributed by atoms with Crippen molar-refractivity contribution in [2.75, 3.05) is 26.0 Å². The average Bonchev–Trinajstić information content (AvgIpc) is 3.22. The second-order valence-corrected chi connectivity index (χ2v) is 8.20. The van der Waals surface area contributed by atoms with E-state index in [2.05, 4.69) is 15.6 Å². The molecule has 1 aromatic heterocycles. The minimum absolute atomic E-state index is 0.296. The number of anilines is 1. The van der Waals surface area contributed by atoms with Crippen LogP contribution in [0.3, 0.4) is 0 Å². The molecule has 0 unspecified atom stereocenters. The summed E-state index contributed by atoms with van der Waals surface area (Å²) in [6, 6.07) is 15.5. The number of furan rings is 1. The number of fused-ring (bicyclic) bond motifs is 1. The van der Waals surface area contributed by atoms with Crippen LogP contribution in [-0.4, -0.2) is 39.8 Å². The van der Waals surface area contributed by atoms with Gasteiger partial charge in [0.1, 0.15) is 17.2 Å². The minimum Gasteiger partial charge on any atom is -0.455 e. The van der Waals surface area contributed by atoms with Gasteiger partial charge in [0.25, 0.3) is 5.91 Å². The van der Waals surface area contributed by atoms with E-state index >= 15 is 0 Å². The van der Waals surface area contributed by atoms with E-state index in [-0.39, 0.29) is 11.7 Å². The van der Waals surface area contributed by atoms with Gasteiger partial charge in [-0.05, 0) is 60.5 Å². The third-order valence-corrected chi connectivity index (χ3v) is 5.70. The number of carbonyl (C=O) groups excluding carboxylic acids is 2. The minimum atomic E-state index is -0.367. The van der Waals surface area contributed by atoms with Gasteiger partial charge in [-0.15, -0.1) is 0 Å². The number of hydrogen-bond donors (Lipinski definition) is 2. The van der Waals surface area contributed by atoms with Crippen molar-refractivity contribution in [3.63, 3.8) is 0 Å². The fraction of sp³-hybridized carbons (Fsp3) is 0.148. The first-order chi connectivity index (χ1) is 16.8. The number of nitrogens with one attached hydrogen (secondary N) is 2. The maximum absolute atomic E-state index is 13.5. The first-order valence-electron chi connectivity index (χ1n) is 10.9. The van der Waals surface area contributed by atoms with Crippen molar-refractivity contribution >= 4 is 41.0 Å². The van der Waals surface area contributed by atoms with Crippen molar-refractivity contribution in [1.29, 1.82) is 0 Å². The molecule has 0 spiro atoms. The molecule has 8 heteroatoms. The van der Waals surface area contributed by atoms with Crippen LogP contribution in [0.2, 0.25) is 0 Å². The Labute approximate surface area is 202 Å². The number of halogens is 1. The van der Waals surface area contributed by atoms with Crippen molar-refractivity contribution in [3.8, 4) is 22.5 Å². The molecule has 0 saturated carbocycles. The number of benzene rings is 3. The smallest absolute Gasteiger partial charge is 0.255 e. The highest BCUT2D eigenvalue weighted by atomic mass is 19.1. The molecular weight excluding hydrogens is 447 g/mol. The normalized spacial score (nSPS) is 11.1. The molecule has 2 amide bonds. The Morgan fingerprint density at radius 3 is 2.40 bits per heavy atom. The van der Waals surface area contributed by atoms with Crippen molar-refractivity contribution in [3.05, 3.63) is 71.5 Å². The zero-order valence-corrected chi connectivity index (χ0v) is 19.8. The van der Waals surface area contributed by atoms with E-state index in [1.54, 1.807) is 19.2 Å². The van der Waals surface area contributed by atoms with E-state index in [0.29, 0.717) is 34.3 Å². The van der Waals surface area contributed by atoms with E-state index in [1.165, 1.54) is 18.5 Å². The van der Waals surface area contributed by atoms with Gasteiger partial charge in [0.05, 0.1) is 17.6 Å². The number of hydrogen-bond acceptors (Lipinski definition) is 5. The molecule has 178 valence electrons. The van der Waals surface area contributed by atoms with Gasteiger partial charge in [0, 0.05) is 49.4 Å². The number of carbonyl (C=O) groups is 2. The lowest BCUT2D eigenvalue weighted by molar-refractivity contribution is -0.108. The number of rotatable bonds is 7. The Kier molecular flexibility index (Phi) is 6.64. The van der Waals surface area contributed by atoms with Gasteiger partial charge in [-0.25, -0.2) is 9.38 Å². The fourth-order valence-corrected chi connectivity index (χ4v) is 3.99. The molecule has 0 bridgehead atoms. The Morgan fingerprint density at radius 2 is 1.77 bits per heavy atom. The lowest BCUT2D eigenvalue weighted by atomic mass is 9.96. The molecule has 7 nitrogen and oxygen atoms in total. The second kappa shape index (κ2) is 9.80. The summed E-state index contributed by atoms with van der Waals surface area (Å²) in [5.74, 6) is -0.284. The number of aliphatic imine (C=N–C) groups is 1. The van der Waals surface area contributed by atoms with E-state index < -0.39 is 0 Å². The van der Waals surface area contributed by atoms with Gasteiger partial charge in [-0.3, -0.25) is 9.59 Å². The van der Waals surface area contributed by atoms with Gasteiger partial charge in [0.2, 0.25) is 6.41 Å². The number of amides is 2. The standard InChI is InChI=1S/C27H25FN4O3/c1-16-11-18(7-10-22(16)31-14-30-15-33)20-12-21-24(13-23(20)32(3)4)35-26(25(21)27(34)29-2)17-5-8-19(28)9-6-17/h5-15H,1-4H3,(H,29,34)(H,30,31,33). The van der Waals surface area contributed by atoms with Gasteiger partial charge in [0.15, 0.2) is 0 Å². The van der Waals surface area contributed by atoms with Gasteiger partial charge < -0.3 is 20.0 Å². The molecule has 4 rings (SSSR count). The van der Waals surface area contributed by atoms with Crippen LogP contribution in [0.25, 0.3) is 33.4 Å². The molecule has 35 heavy (non-hydrogen) atoms. The van der Waals surface area contributed by atoms with E-state index in [1.807, 2.05) is 56.3 Å². The molecule has 3 aromatic carbocycles. The molecule has 0 aliphatic carbocycles. The molecule has 4 aromatic rings. The van der Waals surface area contributed by atoms with Crippen molar-refractivity contribution in [1.82, 2.24) is 10.6 Å². The van der Waals surface area contributed by atoms with Gasteiger partial charge in [-0.2, -0.15) is 0 Å². The summed E-state index contributed by atoms with van der Waals surface area (Å²) in [5, 5.41) is 5.75. The fourth-order valence-electron chi connectivity index (χ4n) is 3.99. The van der Waals surface area contributed by atoms with Crippen molar-refractivity contribution < 1.29 is 18.4 Å². The Hall–Kier alpha value is -4.46. The lowest BCUT2D eigenvalue weighted by Crippen LogP contribution is -2.18. The molecule has 1 heterocycles. The SMILES string of the molecule is CNC(=O)c1c(-c2ccc(F)cc2)oc2cc(N(C)C)c(-c3ccc(N=CNC=O)c(C)c3)cc12. The third-order valence-electron chi connectivity index (χ3n) is 5.70. The molecule has 2 N–H and O–H groups in total. The molecule has 0 radical (unpaired) electrons. The summed E-state index contributed by atoms with van der Waals surface area (Å²) in [5.41, 5.74) is 5.93. The van der Waals surface area contributed by atoms with Crippen LogP contribution in [0.1, 0.15) is 15.9 Å². The Bertz CT molecular complexity index is 1440. The van der Waals surface area contributed by atoms with Crippen LogP contribution < -0.4 is 15.5 Å². The van der Waals surface area contributed by atoms with Crippen LogP contribution in [0, 0.1) is 12.7 Å². The summed E-state index contributed by atoms with van der Waals surface area (Å²) in [6.07, 6.45) is 1.89. The lowest BCUT2D eigenvalue weighted by Gasteiger charge is -2.18. The van der Waals surface area contributed by atoms with Gasteiger partial charge in [-0.1, -0.05) is 6.07 Å². The molecule has 0 saturated heterocycles. The Balaban J connectivity index is 1.94. The highest BCUT2D eigenvalue weighted by molar-refractivity contribution is 6.12. The molecule has 0 atom stereocenters. The quantitative estimate of drug-likeness (QED) is 0.224. The van der Waals surface area contributed by atoms with Crippen molar-refractivity contribution in [2.45, 2.75) is 6.92 Å². The molecule has 0 aliphatic rings. The number of nitrogens with zero attached hydrogens (tertiary/aromatic N) is 2. The van der Waals surface area contributed by atoms with Crippen LogP contribution >= 0.6 is 0 Å². The highest BCUT2D eigenvalue weighted by Crippen LogP contribution is 2.41. The number of aryl methyl sites for hydroxylation is 1. The first-order valence-corrected chi connectivity index (χ1v) is 10.9. The summed E-state index contributed by atoms with van der Waals surface area (Å²) in [4.78, 5) is 29.6. The van der Waals surface area contributed by atoms with Gasteiger partial charge >= 0.3 is 0 Å². The van der Waals surface area contributed by atoms with Crippen LogP contribution in [0.4, 0.5) is 15.8 Å². The first kappa shape index (κ1) is 23.7. The summed E-state index contributed by atoms with van der Waals surface area (Å²) in [7, 11) is 5.43. The predicted octanol–water partition coefficient (Wildman–Crippen LogP) is 5.05. The maximum Gasteiger partial charge on any atom is 0.255 e. The highest BCUT2D eigenvalue weighted by Gasteiger charge is 2.24. The van der Waals surface area contributed by atoms with Crippen LogP contribution in [0.15, 0.2) is 64.0 Å². The maximum atomic E-state index is 13.5.